The van der Waals surface area contributed by atoms with Crippen LogP contribution in [-0.2, 0) is 6.42 Å². The maximum atomic E-state index is 9.03. The molecule has 0 aromatic heterocycles. The van der Waals surface area contributed by atoms with E-state index in [-0.39, 0.29) is 6.61 Å². The summed E-state index contributed by atoms with van der Waals surface area (Å²) in [5, 5.41) is 9.03. The Kier molecular flexibility index (Phi) is 3.80. The molecule has 1 N–H and O–H groups in total. The van der Waals surface area contributed by atoms with Crippen LogP contribution >= 0.6 is 0 Å². The lowest BCUT2D eigenvalue weighted by Gasteiger charge is -2.17. The molecule has 1 aliphatic carbocycles. The highest BCUT2D eigenvalue weighted by Crippen LogP contribution is 2.23. The van der Waals surface area contributed by atoms with Crippen LogP contribution < -0.4 is 0 Å². The zero-order valence-corrected chi connectivity index (χ0v) is 10.6. The molecule has 0 amide bonds. The van der Waals surface area contributed by atoms with Crippen molar-refractivity contribution >= 4 is 0 Å². The fourth-order valence-electron chi connectivity index (χ4n) is 2.29. The molecule has 0 bridgehead atoms. The van der Waals surface area contributed by atoms with Crippen LogP contribution in [0.4, 0.5) is 0 Å². The Morgan fingerprint density at radius 1 is 1.29 bits per heavy atom. The van der Waals surface area contributed by atoms with Crippen LogP contribution in [0, 0.1) is 19.8 Å². The highest BCUT2D eigenvalue weighted by molar-refractivity contribution is 5.34. The average molecular weight is 228 g/mol. The van der Waals surface area contributed by atoms with E-state index in [1.807, 2.05) is 0 Å². The molecule has 17 heavy (non-hydrogen) atoms. The number of benzene rings is 1. The van der Waals surface area contributed by atoms with Crippen molar-refractivity contribution in [1.82, 2.24) is 0 Å². The first kappa shape index (κ1) is 12.1. The maximum absolute atomic E-state index is 9.03. The van der Waals surface area contributed by atoms with Crippen LogP contribution in [0.15, 0.2) is 42.0 Å². The molecule has 1 aromatic rings. The summed E-state index contributed by atoms with van der Waals surface area (Å²) in [7, 11) is 0. The minimum atomic E-state index is 0.159. The summed E-state index contributed by atoms with van der Waals surface area (Å²) in [6.45, 7) is 4.53. The summed E-state index contributed by atoms with van der Waals surface area (Å²) in [6, 6.07) is 6.53. The number of hydrogen-bond donors (Lipinski definition) is 1. The van der Waals surface area contributed by atoms with Crippen LogP contribution in [0.3, 0.4) is 0 Å². The summed E-state index contributed by atoms with van der Waals surface area (Å²) >= 11 is 0. The second-order valence-corrected chi connectivity index (χ2v) is 4.86. The molecule has 1 aromatic carbocycles. The molecule has 1 atom stereocenters. The van der Waals surface area contributed by atoms with Gasteiger partial charge in [-0.05, 0) is 54.9 Å². The van der Waals surface area contributed by atoms with Gasteiger partial charge in [0, 0.05) is 0 Å². The molecule has 0 spiro atoms. The molecular weight excluding hydrogens is 208 g/mol. The summed E-state index contributed by atoms with van der Waals surface area (Å²) < 4.78 is 0. The van der Waals surface area contributed by atoms with E-state index in [0.29, 0.717) is 5.92 Å². The van der Waals surface area contributed by atoms with Crippen molar-refractivity contribution in [2.24, 2.45) is 5.92 Å². The maximum Gasteiger partial charge on any atom is 0.0678 e. The van der Waals surface area contributed by atoms with Gasteiger partial charge in [0.2, 0.25) is 0 Å². The average Bonchev–Trinajstić information content (AvgIpc) is 2.36. The third-order valence-electron chi connectivity index (χ3n) is 3.65. The molecule has 1 aliphatic rings. The Morgan fingerprint density at radius 2 is 2.12 bits per heavy atom. The molecule has 1 nitrogen and oxygen atoms in total. The summed E-state index contributed by atoms with van der Waals surface area (Å²) in [6.07, 6.45) is 8.57. The largest absolute Gasteiger partial charge is 0.392 e. The number of aliphatic hydroxyl groups excluding tert-OH is 1. The van der Waals surface area contributed by atoms with Crippen LogP contribution in [0.5, 0.6) is 0 Å². The van der Waals surface area contributed by atoms with E-state index >= 15 is 0 Å². The zero-order chi connectivity index (χ0) is 12.3. The molecule has 0 fully saturated rings. The van der Waals surface area contributed by atoms with Crippen molar-refractivity contribution in [3.8, 4) is 0 Å². The minimum Gasteiger partial charge on any atom is -0.392 e. The van der Waals surface area contributed by atoms with Gasteiger partial charge in [0.1, 0.15) is 0 Å². The molecule has 90 valence electrons. The first-order valence-electron chi connectivity index (χ1n) is 6.24. The number of allylic oxidation sites excluding steroid dienone is 2. The van der Waals surface area contributed by atoms with Gasteiger partial charge < -0.3 is 5.11 Å². The fraction of sp³-hybridized carbons (Fsp3) is 0.375. The second-order valence-electron chi connectivity index (χ2n) is 4.86. The number of aryl methyl sites for hydroxylation is 1. The van der Waals surface area contributed by atoms with Crippen LogP contribution in [0.25, 0.3) is 0 Å². The number of hydrogen-bond acceptors (Lipinski definition) is 1. The van der Waals surface area contributed by atoms with Gasteiger partial charge in [-0.15, -0.1) is 0 Å². The van der Waals surface area contributed by atoms with Gasteiger partial charge in [0.15, 0.2) is 0 Å². The molecule has 1 unspecified atom stereocenters. The van der Waals surface area contributed by atoms with Crippen LogP contribution in [-0.4, -0.2) is 11.7 Å². The highest BCUT2D eigenvalue weighted by atomic mass is 16.3. The topological polar surface area (TPSA) is 20.2 Å². The third kappa shape index (κ3) is 2.86. The van der Waals surface area contributed by atoms with Crippen molar-refractivity contribution in [2.45, 2.75) is 26.7 Å². The van der Waals surface area contributed by atoms with Crippen molar-refractivity contribution in [1.29, 1.82) is 0 Å². The van der Waals surface area contributed by atoms with Gasteiger partial charge in [-0.2, -0.15) is 0 Å². The Labute approximate surface area is 103 Å². The van der Waals surface area contributed by atoms with Gasteiger partial charge in [-0.25, -0.2) is 0 Å². The molecular formula is C16H20O. The van der Waals surface area contributed by atoms with E-state index in [9.17, 15) is 0 Å². The van der Waals surface area contributed by atoms with Crippen molar-refractivity contribution in [3.63, 3.8) is 0 Å². The molecule has 0 heterocycles. The Bertz CT molecular complexity index is 455. The van der Waals surface area contributed by atoms with Gasteiger partial charge >= 0.3 is 0 Å². The van der Waals surface area contributed by atoms with Gasteiger partial charge in [0.05, 0.1) is 6.61 Å². The lowest BCUT2D eigenvalue weighted by molar-refractivity contribution is 0.333. The SMILES string of the molecule is Cc1cccc(CC2C=CC(CO)=CC2)c1C. The Morgan fingerprint density at radius 3 is 2.76 bits per heavy atom. The molecule has 0 saturated heterocycles. The number of rotatable bonds is 3. The summed E-state index contributed by atoms with van der Waals surface area (Å²) in [4.78, 5) is 0. The van der Waals surface area contributed by atoms with E-state index in [1.54, 1.807) is 0 Å². The lowest BCUT2D eigenvalue weighted by Crippen LogP contribution is -2.06. The fourth-order valence-corrected chi connectivity index (χ4v) is 2.29. The van der Waals surface area contributed by atoms with Crippen molar-refractivity contribution in [3.05, 3.63) is 58.7 Å². The predicted octanol–water partition coefficient (Wildman–Crippen LogP) is 3.34. The molecule has 0 aliphatic heterocycles. The first-order valence-corrected chi connectivity index (χ1v) is 6.24. The van der Waals surface area contributed by atoms with Crippen molar-refractivity contribution < 1.29 is 5.11 Å². The van der Waals surface area contributed by atoms with E-state index in [1.165, 1.54) is 16.7 Å². The van der Waals surface area contributed by atoms with Crippen molar-refractivity contribution in [2.75, 3.05) is 6.61 Å². The predicted molar refractivity (Wildman–Crippen MR) is 72.0 cm³/mol. The molecule has 0 saturated carbocycles. The first-order chi connectivity index (χ1) is 8.20. The van der Waals surface area contributed by atoms with E-state index in [4.69, 9.17) is 5.11 Å². The van der Waals surface area contributed by atoms with Gasteiger partial charge in [0.25, 0.3) is 0 Å². The van der Waals surface area contributed by atoms with E-state index in [0.717, 1.165) is 18.4 Å². The van der Waals surface area contributed by atoms with Gasteiger partial charge in [-0.1, -0.05) is 36.4 Å². The summed E-state index contributed by atoms with van der Waals surface area (Å²) in [5.41, 5.74) is 5.27. The molecule has 0 radical (unpaired) electrons. The monoisotopic (exact) mass is 228 g/mol. The quantitative estimate of drug-likeness (QED) is 0.841. The Hall–Kier alpha value is -1.34. The smallest absolute Gasteiger partial charge is 0.0678 e. The highest BCUT2D eigenvalue weighted by Gasteiger charge is 2.11. The Balaban J connectivity index is 2.06. The third-order valence-corrected chi connectivity index (χ3v) is 3.65. The summed E-state index contributed by atoms with van der Waals surface area (Å²) in [5.74, 6) is 0.575. The van der Waals surface area contributed by atoms with Crippen LogP contribution in [0.1, 0.15) is 23.1 Å². The molecule has 2 rings (SSSR count). The normalized spacial score (nSPS) is 19.2. The molecule has 1 heteroatoms. The van der Waals surface area contributed by atoms with Crippen LogP contribution in [0.2, 0.25) is 0 Å². The second kappa shape index (κ2) is 5.33. The zero-order valence-electron chi connectivity index (χ0n) is 10.6. The number of aliphatic hydroxyl groups is 1. The standard InChI is InChI=1S/C16H20O/c1-12-4-3-5-16(13(12)2)10-14-6-8-15(11-17)9-7-14/h3-6,8-9,14,17H,7,10-11H2,1-2H3. The van der Waals surface area contributed by atoms with Gasteiger partial charge in [-0.3, -0.25) is 0 Å². The minimum absolute atomic E-state index is 0.159. The lowest BCUT2D eigenvalue weighted by atomic mass is 9.88. The van der Waals surface area contributed by atoms with E-state index in [2.05, 4.69) is 50.3 Å². The van der Waals surface area contributed by atoms with E-state index < -0.39 is 0 Å².